The lowest BCUT2D eigenvalue weighted by Gasteiger charge is -2.33. The summed E-state index contributed by atoms with van der Waals surface area (Å²) in [6.45, 7) is 1.27. The summed E-state index contributed by atoms with van der Waals surface area (Å²) < 4.78 is 10.7. The monoisotopic (exact) mass is 376 g/mol. The van der Waals surface area contributed by atoms with E-state index in [2.05, 4.69) is 5.32 Å². The molecule has 0 radical (unpaired) electrons. The van der Waals surface area contributed by atoms with Gasteiger partial charge in [-0.05, 0) is 31.4 Å². The van der Waals surface area contributed by atoms with Crippen LogP contribution < -0.4 is 15.0 Å². The van der Waals surface area contributed by atoms with E-state index in [0.29, 0.717) is 44.8 Å². The molecule has 0 atom stereocenters. The lowest BCUT2D eigenvalue weighted by molar-refractivity contribution is -0.154. The van der Waals surface area contributed by atoms with Crippen LogP contribution in [0.2, 0.25) is 0 Å². The maximum absolute atomic E-state index is 12.1. The second kappa shape index (κ2) is 8.39. The SMILES string of the molecule is O=C(COc1cccc(N2CCCC2=O)c1)NCC1(C(=O)O)CCOCC1. The first-order valence-electron chi connectivity index (χ1n) is 9.11. The van der Waals surface area contributed by atoms with E-state index in [1.807, 2.05) is 6.07 Å². The van der Waals surface area contributed by atoms with Gasteiger partial charge in [-0.25, -0.2) is 0 Å². The molecule has 2 aliphatic heterocycles. The highest BCUT2D eigenvalue weighted by Crippen LogP contribution is 2.30. The highest BCUT2D eigenvalue weighted by atomic mass is 16.5. The highest BCUT2D eigenvalue weighted by Gasteiger charge is 2.40. The third-order valence-electron chi connectivity index (χ3n) is 5.10. The zero-order chi connectivity index (χ0) is 19.3. The first-order valence-corrected chi connectivity index (χ1v) is 9.11. The number of carboxylic acid groups (broad SMARTS) is 1. The first-order chi connectivity index (χ1) is 13.0. The number of hydrogen-bond donors (Lipinski definition) is 2. The van der Waals surface area contributed by atoms with Crippen molar-refractivity contribution in [1.29, 1.82) is 0 Å². The van der Waals surface area contributed by atoms with Crippen molar-refractivity contribution < 1.29 is 29.0 Å². The quantitative estimate of drug-likeness (QED) is 0.741. The molecule has 0 bridgehead atoms. The molecule has 2 N–H and O–H groups in total. The lowest BCUT2D eigenvalue weighted by Crippen LogP contribution is -2.47. The summed E-state index contributed by atoms with van der Waals surface area (Å²) in [6.07, 6.45) is 2.12. The molecule has 2 aliphatic rings. The van der Waals surface area contributed by atoms with Gasteiger partial charge < -0.3 is 24.8 Å². The second-order valence-electron chi connectivity index (χ2n) is 6.91. The van der Waals surface area contributed by atoms with Crippen LogP contribution in [0.5, 0.6) is 5.75 Å². The minimum atomic E-state index is -0.982. The number of carboxylic acids is 1. The van der Waals surface area contributed by atoms with Crippen molar-refractivity contribution in [3.63, 3.8) is 0 Å². The Morgan fingerprint density at radius 3 is 2.74 bits per heavy atom. The maximum atomic E-state index is 12.1. The molecule has 2 fully saturated rings. The summed E-state index contributed by atoms with van der Waals surface area (Å²) in [5.74, 6) is -0.735. The van der Waals surface area contributed by atoms with Gasteiger partial charge in [0, 0.05) is 44.5 Å². The van der Waals surface area contributed by atoms with Crippen LogP contribution in [-0.2, 0) is 19.1 Å². The van der Waals surface area contributed by atoms with Gasteiger partial charge in [0.2, 0.25) is 5.91 Å². The number of aliphatic carboxylic acids is 1. The number of ether oxygens (including phenoxy) is 2. The molecule has 8 nitrogen and oxygen atoms in total. The molecule has 146 valence electrons. The summed E-state index contributed by atoms with van der Waals surface area (Å²) in [4.78, 5) is 37.2. The Balaban J connectivity index is 1.52. The Morgan fingerprint density at radius 1 is 1.30 bits per heavy atom. The van der Waals surface area contributed by atoms with Crippen LogP contribution in [0.3, 0.4) is 0 Å². The highest BCUT2D eigenvalue weighted by molar-refractivity contribution is 5.95. The van der Waals surface area contributed by atoms with E-state index >= 15 is 0 Å². The zero-order valence-corrected chi connectivity index (χ0v) is 15.1. The fraction of sp³-hybridized carbons (Fsp3) is 0.526. The van der Waals surface area contributed by atoms with E-state index in [1.54, 1.807) is 23.1 Å². The van der Waals surface area contributed by atoms with Crippen molar-refractivity contribution in [2.45, 2.75) is 25.7 Å². The summed E-state index contributed by atoms with van der Waals surface area (Å²) in [7, 11) is 0. The summed E-state index contributed by atoms with van der Waals surface area (Å²) in [5.41, 5.74) is -0.230. The number of nitrogens with zero attached hydrogens (tertiary/aromatic N) is 1. The van der Waals surface area contributed by atoms with Crippen molar-refractivity contribution in [1.82, 2.24) is 5.32 Å². The minimum absolute atomic E-state index is 0.0518. The van der Waals surface area contributed by atoms with Crippen molar-refractivity contribution in [3.8, 4) is 5.75 Å². The van der Waals surface area contributed by atoms with E-state index in [-0.39, 0.29) is 25.0 Å². The molecule has 0 spiro atoms. The van der Waals surface area contributed by atoms with Gasteiger partial charge in [-0.3, -0.25) is 14.4 Å². The minimum Gasteiger partial charge on any atom is -0.484 e. The number of carbonyl (C=O) groups excluding carboxylic acids is 2. The van der Waals surface area contributed by atoms with Gasteiger partial charge in [-0.1, -0.05) is 6.07 Å². The van der Waals surface area contributed by atoms with Gasteiger partial charge in [0.15, 0.2) is 6.61 Å². The third kappa shape index (κ3) is 4.57. The third-order valence-corrected chi connectivity index (χ3v) is 5.10. The van der Waals surface area contributed by atoms with Crippen LogP contribution in [0.1, 0.15) is 25.7 Å². The van der Waals surface area contributed by atoms with Crippen molar-refractivity contribution in [2.24, 2.45) is 5.41 Å². The molecule has 2 heterocycles. The normalized spacial score (nSPS) is 19.0. The molecule has 1 aromatic carbocycles. The predicted octanol–water partition coefficient (Wildman–Crippen LogP) is 1.19. The largest absolute Gasteiger partial charge is 0.484 e. The molecular weight excluding hydrogens is 352 g/mol. The number of amides is 2. The Bertz CT molecular complexity index is 714. The molecule has 3 rings (SSSR count). The van der Waals surface area contributed by atoms with E-state index < -0.39 is 11.4 Å². The van der Waals surface area contributed by atoms with Crippen LogP contribution in [0.25, 0.3) is 0 Å². The average Bonchev–Trinajstić information content (AvgIpc) is 3.11. The smallest absolute Gasteiger partial charge is 0.311 e. The van der Waals surface area contributed by atoms with Gasteiger partial charge in [0.05, 0.1) is 5.41 Å². The number of benzene rings is 1. The Hall–Kier alpha value is -2.61. The van der Waals surface area contributed by atoms with Gasteiger partial charge in [-0.2, -0.15) is 0 Å². The number of carbonyl (C=O) groups is 3. The van der Waals surface area contributed by atoms with Crippen LogP contribution in [0.15, 0.2) is 24.3 Å². The lowest BCUT2D eigenvalue weighted by atomic mass is 9.80. The number of anilines is 1. The molecule has 8 heteroatoms. The summed E-state index contributed by atoms with van der Waals surface area (Å²) in [5, 5.41) is 12.2. The van der Waals surface area contributed by atoms with Crippen LogP contribution in [0, 0.1) is 5.41 Å². The molecule has 1 aromatic rings. The molecule has 0 saturated carbocycles. The maximum Gasteiger partial charge on any atom is 0.311 e. The van der Waals surface area contributed by atoms with Gasteiger partial charge >= 0.3 is 5.97 Å². The standard InChI is InChI=1S/C19H24N2O6/c22-16(20-13-19(18(24)25)6-9-26-10-7-19)12-27-15-4-1-3-14(11-15)21-8-2-5-17(21)23/h1,3-4,11H,2,5-10,12-13H2,(H,20,22)(H,24,25). The van der Waals surface area contributed by atoms with E-state index in [1.165, 1.54) is 0 Å². The molecule has 0 aliphatic carbocycles. The van der Waals surface area contributed by atoms with Crippen LogP contribution in [0.4, 0.5) is 5.69 Å². The van der Waals surface area contributed by atoms with E-state index in [9.17, 15) is 19.5 Å². The van der Waals surface area contributed by atoms with E-state index in [4.69, 9.17) is 9.47 Å². The van der Waals surface area contributed by atoms with E-state index in [0.717, 1.165) is 12.1 Å². The number of rotatable bonds is 7. The average molecular weight is 376 g/mol. The molecule has 27 heavy (non-hydrogen) atoms. The van der Waals surface area contributed by atoms with Gasteiger partial charge in [0.1, 0.15) is 5.75 Å². The molecular formula is C19H24N2O6. The summed E-state index contributed by atoms with van der Waals surface area (Å²) >= 11 is 0. The Kier molecular flexibility index (Phi) is 5.95. The predicted molar refractivity (Wildman–Crippen MR) is 96.7 cm³/mol. The fourth-order valence-corrected chi connectivity index (χ4v) is 3.36. The molecule has 0 aromatic heterocycles. The summed E-state index contributed by atoms with van der Waals surface area (Å²) in [6, 6.07) is 7.05. The molecule has 0 unspecified atom stereocenters. The van der Waals surface area contributed by atoms with Gasteiger partial charge in [-0.15, -0.1) is 0 Å². The molecule has 2 amide bonds. The first kappa shape index (κ1) is 19.2. The van der Waals surface area contributed by atoms with Crippen molar-refractivity contribution in [2.75, 3.05) is 37.8 Å². The van der Waals surface area contributed by atoms with Crippen molar-refractivity contribution in [3.05, 3.63) is 24.3 Å². The Labute approximate surface area is 157 Å². The molecule has 2 saturated heterocycles. The van der Waals surface area contributed by atoms with Crippen LogP contribution in [-0.4, -0.2) is 55.8 Å². The van der Waals surface area contributed by atoms with Gasteiger partial charge in [0.25, 0.3) is 5.91 Å². The Morgan fingerprint density at radius 2 is 2.07 bits per heavy atom. The topological polar surface area (TPSA) is 105 Å². The second-order valence-corrected chi connectivity index (χ2v) is 6.91. The van der Waals surface area contributed by atoms with Crippen LogP contribution >= 0.6 is 0 Å². The number of nitrogens with one attached hydrogen (secondary N) is 1. The van der Waals surface area contributed by atoms with Crippen molar-refractivity contribution >= 4 is 23.5 Å². The number of hydrogen-bond acceptors (Lipinski definition) is 5. The fourth-order valence-electron chi connectivity index (χ4n) is 3.36. The zero-order valence-electron chi connectivity index (χ0n) is 15.1.